The Labute approximate surface area is 111 Å². The van der Waals surface area contributed by atoms with E-state index in [1.807, 2.05) is 24.3 Å². The summed E-state index contributed by atoms with van der Waals surface area (Å²) in [6, 6.07) is 7.80. The summed E-state index contributed by atoms with van der Waals surface area (Å²) in [5, 5.41) is 15.5. The second-order valence-corrected chi connectivity index (χ2v) is 4.65. The molecule has 0 atom stereocenters. The molecule has 2 heterocycles. The van der Waals surface area contributed by atoms with Crippen molar-refractivity contribution in [2.24, 2.45) is 0 Å². The summed E-state index contributed by atoms with van der Waals surface area (Å²) in [5.41, 5.74) is 0.892. The third-order valence-corrected chi connectivity index (χ3v) is 3.51. The van der Waals surface area contributed by atoms with Crippen LogP contribution in [0.1, 0.15) is 24.6 Å². The number of hydrogen-bond donors (Lipinski definition) is 1. The van der Waals surface area contributed by atoms with Crippen LogP contribution >= 0.6 is 0 Å². The first-order chi connectivity index (χ1) is 9.40. The van der Waals surface area contributed by atoms with E-state index in [2.05, 4.69) is 20.8 Å². The van der Waals surface area contributed by atoms with Crippen molar-refractivity contribution in [1.29, 1.82) is 0 Å². The van der Waals surface area contributed by atoms with Crippen molar-refractivity contribution in [1.82, 2.24) is 25.5 Å². The number of nitrogens with one attached hydrogen (secondary N) is 1. The summed E-state index contributed by atoms with van der Waals surface area (Å²) in [6.07, 6.45) is 2.13. The Kier molecular flexibility index (Phi) is 3.41. The molecule has 1 aliphatic rings. The van der Waals surface area contributed by atoms with Gasteiger partial charge in [-0.05, 0) is 48.5 Å². The summed E-state index contributed by atoms with van der Waals surface area (Å²) in [5.74, 6) is 2.11. The van der Waals surface area contributed by atoms with Crippen molar-refractivity contribution in [2.75, 3.05) is 20.2 Å². The lowest BCUT2D eigenvalue weighted by Crippen LogP contribution is -2.28. The zero-order valence-corrected chi connectivity index (χ0v) is 10.9. The Morgan fingerprint density at radius 3 is 2.84 bits per heavy atom. The molecule has 1 saturated heterocycles. The van der Waals surface area contributed by atoms with Gasteiger partial charge in [0.15, 0.2) is 5.82 Å². The predicted molar refractivity (Wildman–Crippen MR) is 70.6 cm³/mol. The molecule has 0 unspecified atom stereocenters. The van der Waals surface area contributed by atoms with Gasteiger partial charge in [0.1, 0.15) is 11.4 Å². The second kappa shape index (κ2) is 5.36. The van der Waals surface area contributed by atoms with Gasteiger partial charge in [0.25, 0.3) is 0 Å². The van der Waals surface area contributed by atoms with Crippen LogP contribution in [0.5, 0.6) is 5.75 Å². The Morgan fingerprint density at radius 1 is 1.26 bits per heavy atom. The molecule has 1 N–H and O–H groups in total. The molecule has 2 aromatic rings. The minimum absolute atomic E-state index is 0.404. The molecular formula is C13H17N5O. The minimum atomic E-state index is 0.404. The van der Waals surface area contributed by atoms with Crippen LogP contribution in [0.3, 0.4) is 0 Å². The van der Waals surface area contributed by atoms with Crippen LogP contribution in [0.4, 0.5) is 0 Å². The first-order valence-corrected chi connectivity index (χ1v) is 6.52. The lowest BCUT2D eigenvalue weighted by molar-refractivity contribution is 0.407. The summed E-state index contributed by atoms with van der Waals surface area (Å²) >= 11 is 0. The highest BCUT2D eigenvalue weighted by Gasteiger charge is 2.23. The maximum Gasteiger partial charge on any atom is 0.160 e. The Morgan fingerprint density at radius 2 is 2.05 bits per heavy atom. The van der Waals surface area contributed by atoms with Gasteiger partial charge < -0.3 is 10.1 Å². The molecule has 1 fully saturated rings. The first-order valence-electron chi connectivity index (χ1n) is 6.52. The van der Waals surface area contributed by atoms with Crippen molar-refractivity contribution < 1.29 is 4.74 Å². The lowest BCUT2D eigenvalue weighted by atomic mass is 9.97. The average Bonchev–Trinajstić information content (AvgIpc) is 2.97. The number of rotatable bonds is 3. The lowest BCUT2D eigenvalue weighted by Gasteiger charge is -2.21. The zero-order valence-electron chi connectivity index (χ0n) is 10.9. The van der Waals surface area contributed by atoms with Crippen LogP contribution in [0.25, 0.3) is 5.69 Å². The van der Waals surface area contributed by atoms with E-state index in [-0.39, 0.29) is 0 Å². The van der Waals surface area contributed by atoms with Gasteiger partial charge in [-0.1, -0.05) is 12.1 Å². The summed E-state index contributed by atoms with van der Waals surface area (Å²) in [7, 11) is 1.66. The highest BCUT2D eigenvalue weighted by atomic mass is 16.5. The van der Waals surface area contributed by atoms with Gasteiger partial charge in [-0.2, -0.15) is 4.68 Å². The first kappa shape index (κ1) is 12.1. The van der Waals surface area contributed by atoms with Crippen LogP contribution in [0, 0.1) is 0 Å². The van der Waals surface area contributed by atoms with Crippen molar-refractivity contribution in [3.05, 3.63) is 30.1 Å². The number of benzene rings is 1. The number of piperidine rings is 1. The molecule has 0 saturated carbocycles. The molecule has 6 nitrogen and oxygen atoms in total. The van der Waals surface area contributed by atoms with E-state index in [0.717, 1.165) is 43.2 Å². The monoisotopic (exact) mass is 259 g/mol. The van der Waals surface area contributed by atoms with Gasteiger partial charge >= 0.3 is 0 Å². The summed E-state index contributed by atoms with van der Waals surface area (Å²) in [6.45, 7) is 2.03. The summed E-state index contributed by atoms with van der Waals surface area (Å²) in [4.78, 5) is 0. The highest BCUT2D eigenvalue weighted by Crippen LogP contribution is 2.28. The van der Waals surface area contributed by atoms with Crippen LogP contribution in [0.2, 0.25) is 0 Å². The normalized spacial score (nSPS) is 16.5. The van der Waals surface area contributed by atoms with E-state index >= 15 is 0 Å². The largest absolute Gasteiger partial charge is 0.494 e. The molecule has 3 rings (SSSR count). The number of tetrazole rings is 1. The molecule has 1 aromatic heterocycles. The SMILES string of the molecule is COc1ccccc1-n1nnnc1C1CCNCC1. The fourth-order valence-corrected chi connectivity index (χ4v) is 2.51. The quantitative estimate of drug-likeness (QED) is 0.895. The van der Waals surface area contributed by atoms with E-state index in [1.54, 1.807) is 11.8 Å². The molecule has 0 radical (unpaired) electrons. The van der Waals surface area contributed by atoms with E-state index in [9.17, 15) is 0 Å². The number of ether oxygens (including phenoxy) is 1. The van der Waals surface area contributed by atoms with Crippen molar-refractivity contribution in [3.8, 4) is 11.4 Å². The number of aromatic nitrogens is 4. The third kappa shape index (κ3) is 2.31. The topological polar surface area (TPSA) is 64.9 Å². The summed E-state index contributed by atoms with van der Waals surface area (Å²) < 4.78 is 7.18. The molecule has 6 heteroatoms. The van der Waals surface area contributed by atoms with Gasteiger partial charge in [0, 0.05) is 5.92 Å². The van der Waals surface area contributed by atoms with Crippen LogP contribution < -0.4 is 10.1 Å². The fourth-order valence-electron chi connectivity index (χ4n) is 2.51. The zero-order chi connectivity index (χ0) is 13.1. The van der Waals surface area contributed by atoms with E-state index in [1.165, 1.54) is 0 Å². The molecule has 1 aliphatic heterocycles. The number of hydrogen-bond acceptors (Lipinski definition) is 5. The molecular weight excluding hydrogens is 242 g/mol. The second-order valence-electron chi connectivity index (χ2n) is 4.65. The minimum Gasteiger partial charge on any atom is -0.494 e. The van der Waals surface area contributed by atoms with Gasteiger partial charge in [0.2, 0.25) is 0 Å². The average molecular weight is 259 g/mol. The Hall–Kier alpha value is -1.95. The van der Waals surface area contributed by atoms with Gasteiger partial charge in [-0.25, -0.2) is 0 Å². The van der Waals surface area contributed by atoms with Gasteiger partial charge in [-0.3, -0.25) is 0 Å². The van der Waals surface area contributed by atoms with E-state index in [4.69, 9.17) is 4.74 Å². The Balaban J connectivity index is 1.99. The van der Waals surface area contributed by atoms with Gasteiger partial charge in [-0.15, -0.1) is 5.10 Å². The highest BCUT2D eigenvalue weighted by molar-refractivity contribution is 5.46. The molecule has 0 amide bonds. The standard InChI is InChI=1S/C13H17N5O/c1-19-12-5-3-2-4-11(12)18-13(15-16-17-18)10-6-8-14-9-7-10/h2-5,10,14H,6-9H2,1H3. The third-order valence-electron chi connectivity index (χ3n) is 3.51. The maximum absolute atomic E-state index is 5.38. The molecule has 1 aromatic carbocycles. The van der Waals surface area contributed by atoms with Crippen LogP contribution in [-0.2, 0) is 0 Å². The molecule has 0 bridgehead atoms. The van der Waals surface area contributed by atoms with Gasteiger partial charge in [0.05, 0.1) is 7.11 Å². The number of para-hydroxylation sites is 2. The van der Waals surface area contributed by atoms with Crippen LogP contribution in [0.15, 0.2) is 24.3 Å². The smallest absolute Gasteiger partial charge is 0.160 e. The van der Waals surface area contributed by atoms with E-state index in [0.29, 0.717) is 5.92 Å². The molecule has 0 aliphatic carbocycles. The number of nitrogens with zero attached hydrogens (tertiary/aromatic N) is 4. The molecule has 19 heavy (non-hydrogen) atoms. The van der Waals surface area contributed by atoms with E-state index < -0.39 is 0 Å². The maximum atomic E-state index is 5.38. The van der Waals surface area contributed by atoms with Crippen LogP contribution in [-0.4, -0.2) is 40.4 Å². The number of methoxy groups -OCH3 is 1. The molecule has 100 valence electrons. The van der Waals surface area contributed by atoms with Crippen molar-refractivity contribution >= 4 is 0 Å². The predicted octanol–water partition coefficient (Wildman–Crippen LogP) is 1.14. The van der Waals surface area contributed by atoms with Crippen molar-refractivity contribution in [2.45, 2.75) is 18.8 Å². The Bertz CT molecular complexity index is 547. The molecule has 0 spiro atoms. The fraction of sp³-hybridized carbons (Fsp3) is 0.462. The van der Waals surface area contributed by atoms with Crippen molar-refractivity contribution in [3.63, 3.8) is 0 Å².